The van der Waals surface area contributed by atoms with Crippen LogP contribution in [-0.2, 0) is 19.6 Å². The molecular weight excluding hydrogens is 348 g/mol. The first-order valence-corrected chi connectivity index (χ1v) is 8.28. The summed E-state index contributed by atoms with van der Waals surface area (Å²) >= 11 is 3.20. The van der Waals surface area contributed by atoms with Gasteiger partial charge in [0, 0.05) is 30.0 Å². The van der Waals surface area contributed by atoms with E-state index in [9.17, 15) is 13.2 Å². The van der Waals surface area contributed by atoms with Crippen molar-refractivity contribution in [2.75, 3.05) is 20.2 Å². The maximum Gasteiger partial charge on any atom is 0.310 e. The minimum Gasteiger partial charge on any atom is -0.469 e. The molecule has 0 amide bonds. The molecule has 2 unspecified atom stereocenters. The van der Waals surface area contributed by atoms with Crippen molar-refractivity contribution in [3.63, 3.8) is 0 Å². The third-order valence-corrected chi connectivity index (χ3v) is 5.63. The van der Waals surface area contributed by atoms with Crippen molar-refractivity contribution in [1.29, 1.82) is 0 Å². The van der Waals surface area contributed by atoms with Crippen LogP contribution in [-0.4, -0.2) is 43.9 Å². The Balaban J connectivity index is 2.26. The maximum absolute atomic E-state index is 12.5. The van der Waals surface area contributed by atoms with Gasteiger partial charge in [0.2, 0.25) is 10.0 Å². The Kier molecular flexibility index (Phi) is 4.46. The van der Waals surface area contributed by atoms with E-state index in [4.69, 9.17) is 4.74 Å². The minimum absolute atomic E-state index is 0.0719. The number of carbonyl (C=O) groups is 1. The zero-order valence-electron chi connectivity index (χ0n) is 11.1. The smallest absolute Gasteiger partial charge is 0.310 e. The van der Waals surface area contributed by atoms with Crippen LogP contribution in [0.15, 0.2) is 27.8 Å². The summed E-state index contributed by atoms with van der Waals surface area (Å²) in [6.45, 7) is 2.29. The summed E-state index contributed by atoms with van der Waals surface area (Å²) in [7, 11) is -2.33. The molecule has 2 atom stereocenters. The van der Waals surface area contributed by atoms with Crippen LogP contribution in [0.5, 0.6) is 0 Å². The van der Waals surface area contributed by atoms with Gasteiger partial charge in [0.05, 0.1) is 13.0 Å². The molecule has 8 heteroatoms. The van der Waals surface area contributed by atoms with Gasteiger partial charge in [-0.05, 0) is 27.9 Å². The Morgan fingerprint density at radius 1 is 1.45 bits per heavy atom. The highest BCUT2D eigenvalue weighted by molar-refractivity contribution is 9.10. The Labute approximate surface area is 126 Å². The number of carbonyl (C=O) groups excluding carboxylic acids is 1. The number of halogens is 1. The van der Waals surface area contributed by atoms with E-state index in [0.29, 0.717) is 11.0 Å². The van der Waals surface area contributed by atoms with E-state index in [1.165, 1.54) is 29.9 Å². The van der Waals surface area contributed by atoms with E-state index >= 15 is 0 Å². The van der Waals surface area contributed by atoms with Crippen LogP contribution in [0.2, 0.25) is 0 Å². The van der Waals surface area contributed by atoms with Gasteiger partial charge in [-0.2, -0.15) is 4.31 Å². The number of ether oxygens (including phenoxy) is 1. The van der Waals surface area contributed by atoms with E-state index < -0.39 is 15.9 Å². The second kappa shape index (κ2) is 5.79. The number of sulfonamides is 1. The lowest BCUT2D eigenvalue weighted by Gasteiger charge is -2.16. The number of methoxy groups -OCH3 is 1. The lowest BCUT2D eigenvalue weighted by Crippen LogP contribution is -2.30. The molecule has 1 aliphatic rings. The fourth-order valence-corrected chi connectivity index (χ4v) is 4.33. The van der Waals surface area contributed by atoms with Crippen LogP contribution < -0.4 is 0 Å². The summed E-state index contributed by atoms with van der Waals surface area (Å²) in [5.74, 6) is -0.866. The van der Waals surface area contributed by atoms with Crippen LogP contribution in [0.4, 0.5) is 0 Å². The summed E-state index contributed by atoms with van der Waals surface area (Å²) < 4.78 is 31.6. The molecule has 1 aromatic heterocycles. The lowest BCUT2D eigenvalue weighted by molar-refractivity contribution is -0.145. The first kappa shape index (κ1) is 15.4. The van der Waals surface area contributed by atoms with Crippen LogP contribution in [0.25, 0.3) is 0 Å². The van der Waals surface area contributed by atoms with E-state index in [1.807, 2.05) is 6.92 Å². The average Bonchev–Trinajstić information content (AvgIpc) is 2.80. The molecule has 2 heterocycles. The summed E-state index contributed by atoms with van der Waals surface area (Å²) in [5.41, 5.74) is 0. The second-order valence-electron chi connectivity index (χ2n) is 4.77. The first-order chi connectivity index (χ1) is 9.36. The Morgan fingerprint density at radius 2 is 2.15 bits per heavy atom. The SMILES string of the molecule is COC(=O)C1CN(S(=O)(=O)c2cncc(Br)c2)CC1C. The summed E-state index contributed by atoms with van der Waals surface area (Å²) in [4.78, 5) is 15.6. The molecule has 110 valence electrons. The van der Waals surface area contributed by atoms with Crippen molar-refractivity contribution in [2.45, 2.75) is 11.8 Å². The number of aromatic nitrogens is 1. The molecule has 0 bridgehead atoms. The molecule has 0 radical (unpaired) electrons. The fraction of sp³-hybridized carbons (Fsp3) is 0.500. The van der Waals surface area contributed by atoms with Gasteiger partial charge in [-0.1, -0.05) is 6.92 Å². The first-order valence-electron chi connectivity index (χ1n) is 6.04. The molecule has 6 nitrogen and oxygen atoms in total. The third kappa shape index (κ3) is 2.87. The molecule has 20 heavy (non-hydrogen) atoms. The van der Waals surface area contributed by atoms with Gasteiger partial charge in [-0.25, -0.2) is 8.42 Å². The highest BCUT2D eigenvalue weighted by atomic mass is 79.9. The van der Waals surface area contributed by atoms with Gasteiger partial charge in [0.25, 0.3) is 0 Å². The monoisotopic (exact) mass is 362 g/mol. The molecule has 1 fully saturated rings. The van der Waals surface area contributed by atoms with E-state index in [-0.39, 0.29) is 23.3 Å². The van der Waals surface area contributed by atoms with Gasteiger partial charge in [0.15, 0.2) is 0 Å². The van der Waals surface area contributed by atoms with Crippen molar-refractivity contribution in [2.24, 2.45) is 11.8 Å². The summed E-state index contributed by atoms with van der Waals surface area (Å²) in [5, 5.41) is 0. The quantitative estimate of drug-likeness (QED) is 0.756. The minimum atomic E-state index is -3.64. The van der Waals surface area contributed by atoms with Crippen molar-refractivity contribution < 1.29 is 17.9 Å². The van der Waals surface area contributed by atoms with Gasteiger partial charge >= 0.3 is 5.97 Å². The highest BCUT2D eigenvalue weighted by Crippen LogP contribution is 2.29. The lowest BCUT2D eigenvalue weighted by atomic mass is 9.99. The normalized spacial score (nSPS) is 23.8. The number of hydrogen-bond acceptors (Lipinski definition) is 5. The van der Waals surface area contributed by atoms with Gasteiger partial charge in [-0.15, -0.1) is 0 Å². The molecule has 1 aliphatic heterocycles. The maximum atomic E-state index is 12.5. The highest BCUT2D eigenvalue weighted by Gasteiger charge is 2.41. The third-order valence-electron chi connectivity index (χ3n) is 3.40. The van der Waals surface area contributed by atoms with Crippen LogP contribution in [0, 0.1) is 11.8 Å². The van der Waals surface area contributed by atoms with Crippen molar-refractivity contribution in [3.8, 4) is 0 Å². The number of pyridine rings is 1. The molecule has 0 aromatic carbocycles. The molecule has 0 saturated carbocycles. The molecular formula is C12H15BrN2O4S. The van der Waals surface area contributed by atoms with E-state index in [0.717, 1.165) is 0 Å². The number of rotatable bonds is 3. The van der Waals surface area contributed by atoms with Crippen LogP contribution >= 0.6 is 15.9 Å². The summed E-state index contributed by atoms with van der Waals surface area (Å²) in [6.07, 6.45) is 2.82. The van der Waals surface area contributed by atoms with Crippen molar-refractivity contribution >= 4 is 31.9 Å². The predicted octanol–water partition coefficient (Wildman–Crippen LogP) is 1.27. The Morgan fingerprint density at radius 3 is 2.75 bits per heavy atom. The zero-order valence-corrected chi connectivity index (χ0v) is 13.5. The second-order valence-corrected chi connectivity index (χ2v) is 7.62. The van der Waals surface area contributed by atoms with Gasteiger partial charge in [0.1, 0.15) is 4.90 Å². The van der Waals surface area contributed by atoms with Crippen LogP contribution in [0.1, 0.15) is 6.92 Å². The topological polar surface area (TPSA) is 76.6 Å². The number of hydrogen-bond donors (Lipinski definition) is 0. The zero-order chi connectivity index (χ0) is 14.9. The van der Waals surface area contributed by atoms with Crippen molar-refractivity contribution in [1.82, 2.24) is 9.29 Å². The largest absolute Gasteiger partial charge is 0.469 e. The average molecular weight is 363 g/mol. The molecule has 1 aromatic rings. The molecule has 0 aliphatic carbocycles. The molecule has 1 saturated heterocycles. The van der Waals surface area contributed by atoms with Gasteiger partial charge in [-0.3, -0.25) is 9.78 Å². The van der Waals surface area contributed by atoms with Gasteiger partial charge < -0.3 is 4.74 Å². The fourth-order valence-electron chi connectivity index (χ4n) is 2.26. The molecule has 0 spiro atoms. The Hall–Kier alpha value is -0.990. The van der Waals surface area contributed by atoms with Crippen LogP contribution in [0.3, 0.4) is 0 Å². The standard InChI is InChI=1S/C12H15BrN2O4S/c1-8-6-15(7-11(8)12(16)19-2)20(17,18)10-3-9(13)4-14-5-10/h3-5,8,11H,6-7H2,1-2H3. The van der Waals surface area contributed by atoms with E-state index in [1.54, 1.807) is 0 Å². The Bertz CT molecular complexity index is 620. The van der Waals surface area contributed by atoms with E-state index in [2.05, 4.69) is 20.9 Å². The number of esters is 1. The molecule has 2 rings (SSSR count). The predicted molar refractivity (Wildman–Crippen MR) is 75.4 cm³/mol. The summed E-state index contributed by atoms with van der Waals surface area (Å²) in [6, 6.07) is 1.50. The van der Waals surface area contributed by atoms with Crippen molar-refractivity contribution in [3.05, 3.63) is 22.9 Å². The number of nitrogens with zero attached hydrogens (tertiary/aromatic N) is 2. The molecule has 0 N–H and O–H groups in total.